The molecule has 1 saturated heterocycles. The molecule has 6 rings (SSSR count). The Kier molecular flexibility index (Phi) is 6.25. The molecule has 0 spiro atoms. The number of carbonyl (C=O) groups excluding carboxylic acids is 3. The van der Waals surface area contributed by atoms with Crippen molar-refractivity contribution in [2.24, 2.45) is 11.8 Å². The lowest BCUT2D eigenvalue weighted by atomic mass is 9.94. The molecule has 6 atom stereocenters. The van der Waals surface area contributed by atoms with Gasteiger partial charge < -0.3 is 15.5 Å². The Hall–Kier alpha value is -3.93. The first-order valence-electron chi connectivity index (χ1n) is 13.1. The second-order valence-corrected chi connectivity index (χ2v) is 10.5. The molecule has 1 aliphatic heterocycles. The molecule has 0 bridgehead atoms. The number of benzene rings is 3. The number of nitrogens with one attached hydrogen (secondary N) is 2. The molecule has 3 aromatic carbocycles. The van der Waals surface area contributed by atoms with Gasteiger partial charge in [-0.15, -0.1) is 0 Å². The van der Waals surface area contributed by atoms with Crippen LogP contribution in [0.5, 0.6) is 0 Å². The number of rotatable bonds is 7. The van der Waals surface area contributed by atoms with Crippen molar-refractivity contribution in [1.82, 2.24) is 15.5 Å². The second-order valence-electron chi connectivity index (χ2n) is 10.5. The average Bonchev–Trinajstić information content (AvgIpc) is 3.85. The van der Waals surface area contributed by atoms with Gasteiger partial charge in [-0.05, 0) is 36.1 Å². The van der Waals surface area contributed by atoms with Gasteiger partial charge in [0.2, 0.25) is 11.8 Å². The van der Waals surface area contributed by atoms with E-state index in [0.717, 1.165) is 12.8 Å². The fourth-order valence-electron chi connectivity index (χ4n) is 5.69. The molecule has 3 fully saturated rings. The monoisotopic (exact) mass is 493 g/mol. The Labute approximate surface area is 217 Å². The van der Waals surface area contributed by atoms with E-state index in [-0.39, 0.29) is 42.9 Å². The number of hydrogen-bond acceptors (Lipinski definition) is 3. The Balaban J connectivity index is 1.14. The van der Waals surface area contributed by atoms with Crippen molar-refractivity contribution in [1.29, 1.82) is 0 Å². The highest BCUT2D eigenvalue weighted by molar-refractivity contribution is 5.97. The molecule has 188 valence electrons. The molecule has 2 N–H and O–H groups in total. The molecule has 3 aromatic rings. The Bertz CT molecular complexity index is 1210. The van der Waals surface area contributed by atoms with Gasteiger partial charge in [0.15, 0.2) is 0 Å². The summed E-state index contributed by atoms with van der Waals surface area (Å²) in [7, 11) is 0. The standard InChI is InChI=1S/C31H31N3O3/c35-29(32-27-16-23(27)20-10-4-1-5-11-20)25-18-34(31(37)22-14-8-3-9-15-22)19-26(25)30(36)33-28-17-24(28)21-12-6-2-7-13-21/h1-15,23-28H,16-19H2,(H,32,35)(H,33,36)/t23-,24-,25-,26-,27+,28+/m1/s1. The van der Waals surface area contributed by atoms with Crippen LogP contribution < -0.4 is 10.6 Å². The smallest absolute Gasteiger partial charge is 0.253 e. The summed E-state index contributed by atoms with van der Waals surface area (Å²) in [5.41, 5.74) is 3.01. The fourth-order valence-corrected chi connectivity index (χ4v) is 5.69. The predicted octanol–water partition coefficient (Wildman–Crippen LogP) is 3.72. The van der Waals surface area contributed by atoms with E-state index in [2.05, 4.69) is 34.9 Å². The summed E-state index contributed by atoms with van der Waals surface area (Å²) in [6, 6.07) is 29.6. The van der Waals surface area contributed by atoms with Crippen LogP contribution in [-0.2, 0) is 9.59 Å². The second kappa shape index (κ2) is 9.85. The first kappa shape index (κ1) is 23.5. The van der Waals surface area contributed by atoms with E-state index < -0.39 is 11.8 Å². The maximum Gasteiger partial charge on any atom is 0.253 e. The van der Waals surface area contributed by atoms with E-state index >= 15 is 0 Å². The Morgan fingerprint density at radius 1 is 0.595 bits per heavy atom. The maximum atomic E-state index is 13.5. The van der Waals surface area contributed by atoms with Crippen molar-refractivity contribution in [2.45, 2.75) is 36.8 Å². The highest BCUT2D eigenvalue weighted by Crippen LogP contribution is 2.42. The van der Waals surface area contributed by atoms with Gasteiger partial charge in [0.05, 0.1) is 11.8 Å². The molecular formula is C31H31N3O3. The van der Waals surface area contributed by atoms with Gasteiger partial charge in [0, 0.05) is 42.6 Å². The van der Waals surface area contributed by atoms with Crippen molar-refractivity contribution in [3.63, 3.8) is 0 Å². The van der Waals surface area contributed by atoms with E-state index in [4.69, 9.17) is 0 Å². The number of likely N-dealkylation sites (tertiary alicyclic amines) is 1. The van der Waals surface area contributed by atoms with Gasteiger partial charge in [0.1, 0.15) is 0 Å². The third-order valence-electron chi connectivity index (χ3n) is 7.99. The minimum atomic E-state index is -0.571. The zero-order valence-electron chi connectivity index (χ0n) is 20.6. The van der Waals surface area contributed by atoms with Gasteiger partial charge in [-0.25, -0.2) is 0 Å². The molecule has 6 nitrogen and oxygen atoms in total. The summed E-state index contributed by atoms with van der Waals surface area (Å²) in [5, 5.41) is 6.35. The third-order valence-corrected chi connectivity index (χ3v) is 7.99. The lowest BCUT2D eigenvalue weighted by molar-refractivity contribution is -0.133. The summed E-state index contributed by atoms with van der Waals surface area (Å²) in [6.07, 6.45) is 1.79. The number of carbonyl (C=O) groups is 3. The van der Waals surface area contributed by atoms with Crippen LogP contribution in [0.15, 0.2) is 91.0 Å². The summed E-state index contributed by atoms with van der Waals surface area (Å²) < 4.78 is 0. The maximum absolute atomic E-state index is 13.5. The van der Waals surface area contributed by atoms with Crippen LogP contribution in [0, 0.1) is 11.8 Å². The van der Waals surface area contributed by atoms with Crippen LogP contribution in [0.3, 0.4) is 0 Å². The van der Waals surface area contributed by atoms with E-state index in [1.807, 2.05) is 54.6 Å². The number of nitrogens with zero attached hydrogens (tertiary/aromatic N) is 1. The number of amides is 3. The molecule has 0 aromatic heterocycles. The predicted molar refractivity (Wildman–Crippen MR) is 141 cm³/mol. The summed E-state index contributed by atoms with van der Waals surface area (Å²) >= 11 is 0. The summed E-state index contributed by atoms with van der Waals surface area (Å²) in [4.78, 5) is 41.7. The van der Waals surface area contributed by atoms with Gasteiger partial charge >= 0.3 is 0 Å². The minimum absolute atomic E-state index is 0.0726. The van der Waals surface area contributed by atoms with Crippen molar-refractivity contribution in [2.75, 3.05) is 13.1 Å². The molecular weight excluding hydrogens is 462 g/mol. The highest BCUT2D eigenvalue weighted by Gasteiger charge is 2.48. The molecule has 37 heavy (non-hydrogen) atoms. The fraction of sp³-hybridized carbons (Fsp3) is 0.323. The molecule has 3 aliphatic rings. The SMILES string of the molecule is O=C(N[C@H]1C[C@@H]1c1ccccc1)[C@@H]1CN(C(=O)c2ccccc2)C[C@H]1C(=O)N[C@H]1C[C@@H]1c1ccccc1. The minimum Gasteiger partial charge on any atom is -0.352 e. The van der Waals surface area contributed by atoms with Gasteiger partial charge in [0.25, 0.3) is 5.91 Å². The van der Waals surface area contributed by atoms with Crippen LogP contribution in [-0.4, -0.2) is 47.8 Å². The molecule has 2 aliphatic carbocycles. The van der Waals surface area contributed by atoms with E-state index in [1.54, 1.807) is 17.0 Å². The largest absolute Gasteiger partial charge is 0.352 e. The quantitative estimate of drug-likeness (QED) is 0.527. The van der Waals surface area contributed by atoms with Crippen LogP contribution >= 0.6 is 0 Å². The topological polar surface area (TPSA) is 78.5 Å². The third kappa shape index (κ3) is 5.01. The van der Waals surface area contributed by atoms with Crippen molar-refractivity contribution >= 4 is 17.7 Å². The molecule has 3 amide bonds. The zero-order chi connectivity index (χ0) is 25.4. The Morgan fingerprint density at radius 3 is 1.43 bits per heavy atom. The average molecular weight is 494 g/mol. The number of hydrogen-bond donors (Lipinski definition) is 2. The first-order chi connectivity index (χ1) is 18.1. The normalized spacial score (nSPS) is 27.8. The van der Waals surface area contributed by atoms with Crippen LogP contribution in [0.25, 0.3) is 0 Å². The van der Waals surface area contributed by atoms with Gasteiger partial charge in [-0.1, -0.05) is 78.9 Å². The molecule has 6 heteroatoms. The highest BCUT2D eigenvalue weighted by atomic mass is 16.2. The zero-order valence-corrected chi connectivity index (χ0v) is 20.6. The summed E-state index contributed by atoms with van der Waals surface area (Å²) in [5.74, 6) is -0.948. The van der Waals surface area contributed by atoms with E-state index in [9.17, 15) is 14.4 Å². The molecule has 1 heterocycles. The van der Waals surface area contributed by atoms with Gasteiger partial charge in [-0.2, -0.15) is 0 Å². The molecule has 2 saturated carbocycles. The van der Waals surface area contributed by atoms with Crippen molar-refractivity contribution in [3.8, 4) is 0 Å². The Morgan fingerprint density at radius 2 is 1.00 bits per heavy atom. The van der Waals surface area contributed by atoms with Crippen LogP contribution in [0.4, 0.5) is 0 Å². The van der Waals surface area contributed by atoms with Crippen molar-refractivity contribution < 1.29 is 14.4 Å². The molecule has 0 unspecified atom stereocenters. The van der Waals surface area contributed by atoms with Gasteiger partial charge in [-0.3, -0.25) is 14.4 Å². The van der Waals surface area contributed by atoms with Crippen molar-refractivity contribution in [3.05, 3.63) is 108 Å². The van der Waals surface area contributed by atoms with Crippen LogP contribution in [0.2, 0.25) is 0 Å². The van der Waals surface area contributed by atoms with E-state index in [0.29, 0.717) is 17.4 Å². The summed E-state index contributed by atoms with van der Waals surface area (Å²) in [6.45, 7) is 0.486. The molecule has 0 radical (unpaired) electrons. The lowest BCUT2D eigenvalue weighted by Gasteiger charge is -2.18. The van der Waals surface area contributed by atoms with E-state index in [1.165, 1.54) is 11.1 Å². The first-order valence-corrected chi connectivity index (χ1v) is 13.1. The van der Waals surface area contributed by atoms with Crippen LogP contribution in [0.1, 0.15) is 46.2 Å². The lowest BCUT2D eigenvalue weighted by Crippen LogP contribution is -2.43.